The Morgan fingerprint density at radius 2 is 2.12 bits per heavy atom. The Labute approximate surface area is 191 Å². The molecule has 1 aliphatic carbocycles. The van der Waals surface area contributed by atoms with Gasteiger partial charge in [0.2, 0.25) is 0 Å². The van der Waals surface area contributed by atoms with Gasteiger partial charge in [-0.3, -0.25) is 0 Å². The van der Waals surface area contributed by atoms with Gasteiger partial charge < -0.3 is 24.8 Å². The average molecular weight is 450 g/mol. The van der Waals surface area contributed by atoms with E-state index in [-0.39, 0.29) is 24.3 Å². The second-order valence-electron chi connectivity index (χ2n) is 8.39. The second kappa shape index (κ2) is 8.31. The van der Waals surface area contributed by atoms with Crippen LogP contribution in [0.3, 0.4) is 0 Å². The van der Waals surface area contributed by atoms with Gasteiger partial charge in [0.25, 0.3) is 0 Å². The molecule has 1 atom stereocenters. The molecule has 1 fully saturated rings. The maximum Gasteiger partial charge on any atom is 0.435 e. The van der Waals surface area contributed by atoms with E-state index in [9.17, 15) is 9.59 Å². The number of fused-ring (bicyclic) bond motifs is 2. The Kier molecular flexibility index (Phi) is 5.32. The topological polar surface area (TPSA) is 104 Å². The van der Waals surface area contributed by atoms with Crippen molar-refractivity contribution < 1.29 is 23.8 Å². The normalized spacial score (nSPS) is 18.1. The van der Waals surface area contributed by atoms with Gasteiger partial charge >= 0.3 is 12.1 Å². The van der Waals surface area contributed by atoms with Crippen molar-refractivity contribution in [1.82, 2.24) is 15.1 Å². The SMILES string of the molecule is CCOC(=O)n1ncc2c(NC(=O)NC3CC4(CCC4)Oc4cc(OC)ccc43)cccc21. The predicted molar refractivity (Wildman–Crippen MR) is 122 cm³/mol. The lowest BCUT2D eigenvalue weighted by molar-refractivity contribution is -0.0355. The first-order valence-electron chi connectivity index (χ1n) is 11.1. The molecule has 9 nitrogen and oxygen atoms in total. The number of hydrogen-bond donors (Lipinski definition) is 2. The molecule has 0 saturated heterocycles. The van der Waals surface area contributed by atoms with Gasteiger partial charge in [-0.1, -0.05) is 6.07 Å². The fourth-order valence-corrected chi connectivity index (χ4v) is 4.59. The molecule has 1 spiro atoms. The highest BCUT2D eigenvalue weighted by Crippen LogP contribution is 2.49. The Morgan fingerprint density at radius 1 is 1.27 bits per heavy atom. The summed E-state index contributed by atoms with van der Waals surface area (Å²) < 4.78 is 17.9. The molecule has 172 valence electrons. The number of benzene rings is 2. The fourth-order valence-electron chi connectivity index (χ4n) is 4.59. The Hall–Kier alpha value is -3.75. The van der Waals surface area contributed by atoms with Crippen molar-refractivity contribution in [2.45, 2.75) is 44.2 Å². The summed E-state index contributed by atoms with van der Waals surface area (Å²) in [4.78, 5) is 25.1. The predicted octanol–water partition coefficient (Wildman–Crippen LogP) is 4.62. The summed E-state index contributed by atoms with van der Waals surface area (Å²) in [6.45, 7) is 1.99. The quantitative estimate of drug-likeness (QED) is 0.601. The summed E-state index contributed by atoms with van der Waals surface area (Å²) in [5, 5.41) is 10.8. The second-order valence-corrected chi connectivity index (χ2v) is 8.39. The standard InChI is InChI=1S/C24H26N4O5/c1-3-32-23(30)28-20-7-4-6-18(17(20)14-25-28)26-22(29)27-19-13-24(10-5-11-24)33-21-12-15(31-2)8-9-16(19)21/h4,6-9,12,14,19H,3,5,10-11,13H2,1-2H3,(H2,26,27,29). The van der Waals surface area contributed by atoms with Gasteiger partial charge in [0.15, 0.2) is 0 Å². The lowest BCUT2D eigenvalue weighted by atomic mass is 9.73. The molecule has 2 amide bonds. The first-order chi connectivity index (χ1) is 16.0. The van der Waals surface area contributed by atoms with Crippen LogP contribution in [0.4, 0.5) is 15.3 Å². The lowest BCUT2D eigenvalue weighted by Crippen LogP contribution is -2.50. The number of ether oxygens (including phenoxy) is 3. The van der Waals surface area contributed by atoms with Gasteiger partial charge in [-0.05, 0) is 50.5 Å². The maximum absolute atomic E-state index is 13.0. The van der Waals surface area contributed by atoms with Crippen LogP contribution in [0.25, 0.3) is 10.9 Å². The first kappa shape index (κ1) is 21.1. The van der Waals surface area contributed by atoms with E-state index in [1.807, 2.05) is 18.2 Å². The number of carbonyl (C=O) groups is 2. The summed E-state index contributed by atoms with van der Waals surface area (Å²) in [7, 11) is 1.62. The maximum atomic E-state index is 13.0. The van der Waals surface area contributed by atoms with Crippen LogP contribution >= 0.6 is 0 Å². The highest BCUT2D eigenvalue weighted by atomic mass is 16.6. The minimum absolute atomic E-state index is 0.193. The van der Waals surface area contributed by atoms with Crippen LogP contribution in [0, 0.1) is 0 Å². The van der Waals surface area contributed by atoms with Gasteiger partial charge in [0.05, 0.1) is 37.2 Å². The van der Waals surface area contributed by atoms with Crippen molar-refractivity contribution in [3.8, 4) is 11.5 Å². The molecule has 33 heavy (non-hydrogen) atoms. The van der Waals surface area contributed by atoms with Crippen LogP contribution < -0.4 is 20.1 Å². The highest BCUT2D eigenvalue weighted by Gasteiger charge is 2.46. The number of hydrogen-bond acceptors (Lipinski definition) is 6. The van der Waals surface area contributed by atoms with E-state index < -0.39 is 6.09 Å². The van der Waals surface area contributed by atoms with Gasteiger partial charge in [-0.15, -0.1) is 0 Å². The molecule has 1 saturated carbocycles. The number of methoxy groups -OCH3 is 1. The molecule has 9 heteroatoms. The van der Waals surface area contributed by atoms with Crippen LogP contribution in [0.1, 0.15) is 44.2 Å². The smallest absolute Gasteiger partial charge is 0.435 e. The van der Waals surface area contributed by atoms with Crippen LogP contribution in [0.15, 0.2) is 42.6 Å². The molecular formula is C24H26N4O5. The monoisotopic (exact) mass is 450 g/mol. The highest BCUT2D eigenvalue weighted by molar-refractivity contribution is 6.02. The van der Waals surface area contributed by atoms with E-state index >= 15 is 0 Å². The van der Waals surface area contributed by atoms with E-state index in [1.165, 1.54) is 4.68 Å². The molecule has 3 aromatic rings. The van der Waals surface area contributed by atoms with Gasteiger partial charge in [-0.2, -0.15) is 9.78 Å². The van der Waals surface area contributed by atoms with Crippen molar-refractivity contribution in [2.24, 2.45) is 0 Å². The van der Waals surface area contributed by atoms with Gasteiger partial charge in [-0.25, -0.2) is 9.59 Å². The van der Waals surface area contributed by atoms with Crippen molar-refractivity contribution in [3.63, 3.8) is 0 Å². The average Bonchev–Trinajstić information content (AvgIpc) is 3.23. The third kappa shape index (κ3) is 3.83. The molecular weight excluding hydrogens is 424 g/mol. The fraction of sp³-hybridized carbons (Fsp3) is 0.375. The van der Waals surface area contributed by atoms with Crippen molar-refractivity contribution >= 4 is 28.7 Å². The zero-order chi connectivity index (χ0) is 23.0. The number of nitrogens with zero attached hydrogens (tertiary/aromatic N) is 2. The number of amides is 2. The van der Waals surface area contributed by atoms with Gasteiger partial charge in [0.1, 0.15) is 17.1 Å². The van der Waals surface area contributed by atoms with Crippen molar-refractivity contribution in [1.29, 1.82) is 0 Å². The molecule has 1 unspecified atom stereocenters. The number of urea groups is 1. The van der Waals surface area contributed by atoms with E-state index in [0.29, 0.717) is 23.0 Å². The van der Waals surface area contributed by atoms with Crippen molar-refractivity contribution in [2.75, 3.05) is 19.0 Å². The molecule has 2 aromatic carbocycles. The molecule has 0 radical (unpaired) electrons. The molecule has 1 aromatic heterocycles. The van der Waals surface area contributed by atoms with E-state index in [1.54, 1.807) is 38.4 Å². The molecule has 2 heterocycles. The minimum Gasteiger partial charge on any atom is -0.497 e. The number of anilines is 1. The van der Waals surface area contributed by atoms with Crippen LogP contribution in [0.2, 0.25) is 0 Å². The number of carbonyl (C=O) groups excluding carboxylic acids is 2. The van der Waals surface area contributed by atoms with Crippen LogP contribution in [-0.4, -0.2) is 41.2 Å². The van der Waals surface area contributed by atoms with E-state index in [2.05, 4.69) is 15.7 Å². The molecule has 5 rings (SSSR count). The number of rotatable bonds is 4. The van der Waals surface area contributed by atoms with E-state index in [4.69, 9.17) is 14.2 Å². The lowest BCUT2D eigenvalue weighted by Gasteiger charge is -2.48. The van der Waals surface area contributed by atoms with Crippen molar-refractivity contribution in [3.05, 3.63) is 48.2 Å². The third-order valence-corrected chi connectivity index (χ3v) is 6.37. The van der Waals surface area contributed by atoms with Crippen LogP contribution in [-0.2, 0) is 4.74 Å². The summed E-state index contributed by atoms with van der Waals surface area (Å²) in [6, 6.07) is 10.4. The minimum atomic E-state index is -0.561. The Morgan fingerprint density at radius 3 is 2.85 bits per heavy atom. The van der Waals surface area contributed by atoms with Gasteiger partial charge in [0, 0.05) is 23.4 Å². The van der Waals surface area contributed by atoms with E-state index in [0.717, 1.165) is 36.3 Å². The number of aromatic nitrogens is 2. The largest absolute Gasteiger partial charge is 0.497 e. The summed E-state index contributed by atoms with van der Waals surface area (Å²) in [6.07, 6.45) is 4.75. The molecule has 2 N–H and O–H groups in total. The Bertz CT molecular complexity index is 1220. The number of nitrogens with one attached hydrogen (secondary N) is 2. The molecule has 2 aliphatic rings. The summed E-state index contributed by atoms with van der Waals surface area (Å²) in [5.74, 6) is 1.47. The molecule has 0 bridgehead atoms. The summed E-state index contributed by atoms with van der Waals surface area (Å²) in [5.41, 5.74) is 1.80. The zero-order valence-electron chi connectivity index (χ0n) is 18.6. The third-order valence-electron chi connectivity index (χ3n) is 6.37. The Balaban J connectivity index is 1.37. The van der Waals surface area contributed by atoms with Crippen LogP contribution in [0.5, 0.6) is 11.5 Å². The zero-order valence-corrected chi connectivity index (χ0v) is 18.6. The summed E-state index contributed by atoms with van der Waals surface area (Å²) >= 11 is 0. The first-order valence-corrected chi connectivity index (χ1v) is 11.1. The molecule has 1 aliphatic heterocycles.